The van der Waals surface area contributed by atoms with E-state index in [1.54, 1.807) is 0 Å². The van der Waals surface area contributed by atoms with Gasteiger partial charge in [0.25, 0.3) is 0 Å². The maximum atomic E-state index is 11.6. The fourth-order valence-corrected chi connectivity index (χ4v) is 4.44. The zero-order valence-corrected chi connectivity index (χ0v) is 11.4. The van der Waals surface area contributed by atoms with Crippen molar-refractivity contribution in [2.45, 2.75) is 33.1 Å². The molecular formula is C14H20O2S. The van der Waals surface area contributed by atoms with Crippen molar-refractivity contribution < 1.29 is 8.42 Å². The van der Waals surface area contributed by atoms with Crippen molar-refractivity contribution in [2.24, 2.45) is 5.92 Å². The van der Waals surface area contributed by atoms with Gasteiger partial charge in [0, 0.05) is 0 Å². The first-order valence-electron chi connectivity index (χ1n) is 6.23. The molecule has 1 heterocycles. The lowest BCUT2D eigenvalue weighted by Crippen LogP contribution is -2.26. The highest BCUT2D eigenvalue weighted by Gasteiger charge is 2.24. The van der Waals surface area contributed by atoms with Crippen molar-refractivity contribution in [1.82, 2.24) is 0 Å². The topological polar surface area (TPSA) is 34.1 Å². The molecule has 1 aromatic carbocycles. The van der Waals surface area contributed by atoms with Crippen molar-refractivity contribution in [1.29, 1.82) is 0 Å². The first-order valence-corrected chi connectivity index (χ1v) is 8.05. The summed E-state index contributed by atoms with van der Waals surface area (Å²) in [6.07, 6.45) is 2.79. The predicted octanol–water partition coefficient (Wildman–Crippen LogP) is 2.67. The number of rotatable bonds is 2. The van der Waals surface area contributed by atoms with Crippen LogP contribution in [-0.2, 0) is 16.3 Å². The van der Waals surface area contributed by atoms with Crippen molar-refractivity contribution in [3.8, 4) is 0 Å². The van der Waals surface area contributed by atoms with Gasteiger partial charge < -0.3 is 0 Å². The SMILES string of the molecule is Cc1ccc(C[C@@H]2CCCS(=O)(=O)C2)c(C)c1. The molecule has 0 unspecified atom stereocenters. The number of sulfone groups is 1. The summed E-state index contributed by atoms with van der Waals surface area (Å²) in [4.78, 5) is 0. The minimum Gasteiger partial charge on any atom is -0.229 e. The van der Waals surface area contributed by atoms with E-state index in [4.69, 9.17) is 0 Å². The van der Waals surface area contributed by atoms with Gasteiger partial charge in [-0.3, -0.25) is 0 Å². The normalized spacial score (nSPS) is 23.5. The molecule has 94 valence electrons. The van der Waals surface area contributed by atoms with Gasteiger partial charge in [0.15, 0.2) is 9.84 Å². The van der Waals surface area contributed by atoms with Gasteiger partial charge in [0.05, 0.1) is 11.5 Å². The average Bonchev–Trinajstić information content (AvgIpc) is 2.21. The Kier molecular flexibility index (Phi) is 3.57. The minimum absolute atomic E-state index is 0.315. The first-order chi connectivity index (χ1) is 7.96. The van der Waals surface area contributed by atoms with E-state index in [-0.39, 0.29) is 0 Å². The summed E-state index contributed by atoms with van der Waals surface area (Å²) < 4.78 is 23.2. The van der Waals surface area contributed by atoms with Crippen LogP contribution in [-0.4, -0.2) is 19.9 Å². The van der Waals surface area contributed by atoms with Crippen LogP contribution in [0.1, 0.15) is 29.5 Å². The molecule has 0 spiro atoms. The van der Waals surface area contributed by atoms with Crippen LogP contribution in [0.2, 0.25) is 0 Å². The molecule has 2 nitrogen and oxygen atoms in total. The van der Waals surface area contributed by atoms with Gasteiger partial charge in [-0.25, -0.2) is 8.42 Å². The summed E-state index contributed by atoms with van der Waals surface area (Å²) >= 11 is 0. The average molecular weight is 252 g/mol. The van der Waals surface area contributed by atoms with Gasteiger partial charge >= 0.3 is 0 Å². The number of hydrogen-bond donors (Lipinski definition) is 0. The summed E-state index contributed by atoms with van der Waals surface area (Å²) in [5.74, 6) is 1.08. The van der Waals surface area contributed by atoms with E-state index in [1.807, 2.05) is 0 Å². The van der Waals surface area contributed by atoms with Crippen LogP contribution in [0.15, 0.2) is 18.2 Å². The molecule has 0 radical (unpaired) electrons. The summed E-state index contributed by atoms with van der Waals surface area (Å²) in [5.41, 5.74) is 3.85. The Morgan fingerprint density at radius 3 is 2.71 bits per heavy atom. The Hall–Kier alpha value is -0.830. The second-order valence-corrected chi connectivity index (χ2v) is 7.49. The van der Waals surface area contributed by atoms with Crippen LogP contribution in [0.4, 0.5) is 0 Å². The molecule has 1 aliphatic rings. The van der Waals surface area contributed by atoms with Gasteiger partial charge in [-0.2, -0.15) is 0 Å². The van der Waals surface area contributed by atoms with Crippen LogP contribution in [0, 0.1) is 19.8 Å². The quantitative estimate of drug-likeness (QED) is 0.811. The summed E-state index contributed by atoms with van der Waals surface area (Å²) in [6, 6.07) is 6.43. The van der Waals surface area contributed by atoms with Gasteiger partial charge in [0.1, 0.15) is 0 Å². The molecule has 2 rings (SSSR count). The van der Waals surface area contributed by atoms with E-state index in [0.29, 0.717) is 17.4 Å². The molecule has 1 aromatic rings. The van der Waals surface area contributed by atoms with Gasteiger partial charge in [-0.15, -0.1) is 0 Å². The van der Waals surface area contributed by atoms with Crippen LogP contribution >= 0.6 is 0 Å². The molecule has 0 amide bonds. The van der Waals surface area contributed by atoms with Crippen molar-refractivity contribution in [3.05, 3.63) is 34.9 Å². The number of aryl methyl sites for hydroxylation is 2. The van der Waals surface area contributed by atoms with Crippen LogP contribution in [0.25, 0.3) is 0 Å². The maximum Gasteiger partial charge on any atom is 0.150 e. The van der Waals surface area contributed by atoms with E-state index < -0.39 is 9.84 Å². The molecule has 3 heteroatoms. The zero-order chi connectivity index (χ0) is 12.5. The van der Waals surface area contributed by atoms with Crippen LogP contribution < -0.4 is 0 Å². The molecule has 0 aromatic heterocycles. The minimum atomic E-state index is -2.77. The Labute approximate surface area is 104 Å². The number of hydrogen-bond acceptors (Lipinski definition) is 2. The van der Waals surface area contributed by atoms with E-state index in [0.717, 1.165) is 19.3 Å². The summed E-state index contributed by atoms with van der Waals surface area (Å²) in [5, 5.41) is 0. The summed E-state index contributed by atoms with van der Waals surface area (Å²) in [6.45, 7) is 4.20. The highest BCUT2D eigenvalue weighted by molar-refractivity contribution is 7.91. The van der Waals surface area contributed by atoms with Crippen molar-refractivity contribution in [3.63, 3.8) is 0 Å². The Balaban J connectivity index is 2.10. The monoisotopic (exact) mass is 252 g/mol. The highest BCUT2D eigenvalue weighted by Crippen LogP contribution is 2.24. The standard InChI is InChI=1S/C14H20O2S/c1-11-5-6-14(12(2)8-11)9-13-4-3-7-17(15,16)10-13/h5-6,8,13H,3-4,7,9-10H2,1-2H3/t13-/m0/s1. The smallest absolute Gasteiger partial charge is 0.150 e. The fraction of sp³-hybridized carbons (Fsp3) is 0.571. The Morgan fingerprint density at radius 1 is 1.29 bits per heavy atom. The Bertz CT molecular complexity index is 503. The van der Waals surface area contributed by atoms with Gasteiger partial charge in [-0.1, -0.05) is 23.8 Å². The third-order valence-corrected chi connectivity index (χ3v) is 5.45. The first kappa shape index (κ1) is 12.6. The maximum absolute atomic E-state index is 11.6. The molecule has 0 saturated carbocycles. The third kappa shape index (κ3) is 3.32. The molecule has 17 heavy (non-hydrogen) atoms. The van der Waals surface area contributed by atoms with E-state index >= 15 is 0 Å². The zero-order valence-electron chi connectivity index (χ0n) is 10.6. The highest BCUT2D eigenvalue weighted by atomic mass is 32.2. The third-order valence-electron chi connectivity index (χ3n) is 3.56. The molecule has 1 aliphatic heterocycles. The van der Waals surface area contributed by atoms with E-state index in [2.05, 4.69) is 32.0 Å². The molecule has 1 fully saturated rings. The summed E-state index contributed by atoms with van der Waals surface area (Å²) in [7, 11) is -2.77. The van der Waals surface area contributed by atoms with Crippen molar-refractivity contribution >= 4 is 9.84 Å². The van der Waals surface area contributed by atoms with E-state index in [9.17, 15) is 8.42 Å². The predicted molar refractivity (Wildman–Crippen MR) is 71.0 cm³/mol. The van der Waals surface area contributed by atoms with Crippen molar-refractivity contribution in [2.75, 3.05) is 11.5 Å². The molecular weight excluding hydrogens is 232 g/mol. The largest absolute Gasteiger partial charge is 0.229 e. The van der Waals surface area contributed by atoms with Gasteiger partial charge in [0.2, 0.25) is 0 Å². The lowest BCUT2D eigenvalue weighted by Gasteiger charge is -2.22. The lowest BCUT2D eigenvalue weighted by atomic mass is 9.93. The Morgan fingerprint density at radius 2 is 2.06 bits per heavy atom. The molecule has 0 aliphatic carbocycles. The molecule has 0 bridgehead atoms. The molecule has 1 saturated heterocycles. The second kappa shape index (κ2) is 4.81. The second-order valence-electron chi connectivity index (χ2n) is 5.26. The van der Waals surface area contributed by atoms with Gasteiger partial charge in [-0.05, 0) is 50.2 Å². The van der Waals surface area contributed by atoms with Crippen LogP contribution in [0.3, 0.4) is 0 Å². The van der Waals surface area contributed by atoms with Crippen LogP contribution in [0.5, 0.6) is 0 Å². The fourth-order valence-electron chi connectivity index (χ4n) is 2.66. The lowest BCUT2D eigenvalue weighted by molar-refractivity contribution is 0.483. The number of benzene rings is 1. The van der Waals surface area contributed by atoms with E-state index in [1.165, 1.54) is 16.7 Å². The molecule has 0 N–H and O–H groups in total. The molecule has 1 atom stereocenters.